The van der Waals surface area contributed by atoms with Gasteiger partial charge in [-0.25, -0.2) is 0 Å². The van der Waals surface area contributed by atoms with Crippen LogP contribution in [0.4, 0.5) is 5.82 Å². The predicted molar refractivity (Wildman–Crippen MR) is 82.4 cm³/mol. The molecule has 8 heteroatoms. The van der Waals surface area contributed by atoms with Gasteiger partial charge in [0.25, 0.3) is 0 Å². The van der Waals surface area contributed by atoms with E-state index in [1.54, 1.807) is 11.8 Å². The van der Waals surface area contributed by atoms with Gasteiger partial charge in [-0.05, 0) is 19.3 Å². The average Bonchev–Trinajstić information content (AvgIpc) is 3.09. The molecule has 1 N–H and O–H groups in total. The minimum atomic E-state index is 0.457. The summed E-state index contributed by atoms with van der Waals surface area (Å²) in [5, 5.41) is 21.8. The number of hydrogen-bond acceptors (Lipinski definition) is 5. The van der Waals surface area contributed by atoms with Crippen molar-refractivity contribution in [3.63, 3.8) is 0 Å². The maximum absolute atomic E-state index is 9.23. The third-order valence-corrected chi connectivity index (χ3v) is 4.09. The Hall–Kier alpha value is -2.04. The molecule has 2 aromatic heterocycles. The van der Waals surface area contributed by atoms with E-state index in [-0.39, 0.29) is 0 Å². The third-order valence-electron chi connectivity index (χ3n) is 3.70. The summed E-state index contributed by atoms with van der Waals surface area (Å²) >= 11 is 6.48. The Kier molecular flexibility index (Phi) is 4.32. The lowest BCUT2D eigenvalue weighted by atomic mass is 10.1. The monoisotopic (exact) mass is 320 g/mol. The van der Waals surface area contributed by atoms with Gasteiger partial charge in [0.15, 0.2) is 5.82 Å². The van der Waals surface area contributed by atoms with E-state index in [4.69, 9.17) is 16.3 Å². The lowest BCUT2D eigenvalue weighted by molar-refractivity contribution is 0.210. The molecule has 1 aliphatic rings. The number of ether oxygens (including phenoxy) is 1. The molecule has 0 bridgehead atoms. The van der Waals surface area contributed by atoms with Gasteiger partial charge >= 0.3 is 0 Å². The van der Waals surface area contributed by atoms with Gasteiger partial charge in [0, 0.05) is 20.2 Å². The molecule has 0 fully saturated rings. The fourth-order valence-electron chi connectivity index (χ4n) is 2.61. The van der Waals surface area contributed by atoms with Crippen LogP contribution >= 0.6 is 11.6 Å². The summed E-state index contributed by atoms with van der Waals surface area (Å²) in [7, 11) is 1.63. The van der Waals surface area contributed by atoms with Crippen LogP contribution in [0.25, 0.3) is 5.82 Å². The molecule has 116 valence electrons. The number of aryl methyl sites for hydroxylation is 1. The number of aromatic nitrogens is 4. The highest BCUT2D eigenvalue weighted by Gasteiger charge is 2.23. The molecule has 0 aliphatic carbocycles. The Labute approximate surface area is 133 Å². The molecule has 2 aromatic rings. The van der Waals surface area contributed by atoms with Crippen molar-refractivity contribution in [1.82, 2.24) is 19.6 Å². The molecular weight excluding hydrogens is 304 g/mol. The second-order valence-electron chi connectivity index (χ2n) is 5.11. The van der Waals surface area contributed by atoms with Crippen LogP contribution in [0.5, 0.6) is 0 Å². The molecule has 0 amide bonds. The van der Waals surface area contributed by atoms with Crippen LogP contribution in [0.2, 0.25) is 5.02 Å². The van der Waals surface area contributed by atoms with E-state index in [9.17, 15) is 5.26 Å². The molecule has 3 heterocycles. The number of hydrogen-bond donors (Lipinski definition) is 1. The first-order valence-electron chi connectivity index (χ1n) is 7.22. The highest BCUT2D eigenvalue weighted by molar-refractivity contribution is 6.32. The highest BCUT2D eigenvalue weighted by atomic mass is 35.5. The van der Waals surface area contributed by atoms with Crippen molar-refractivity contribution in [2.75, 3.05) is 25.6 Å². The third kappa shape index (κ3) is 2.56. The number of methoxy groups -OCH3 is 1. The maximum atomic E-state index is 9.23. The molecule has 0 saturated carbocycles. The van der Waals surface area contributed by atoms with Crippen LogP contribution in [0, 0.1) is 11.3 Å². The Bertz CT molecular complexity index is 714. The lowest BCUT2D eigenvalue weighted by Crippen LogP contribution is -2.13. The first kappa shape index (κ1) is 14.9. The number of nitrogens with one attached hydrogen (secondary N) is 1. The van der Waals surface area contributed by atoms with Gasteiger partial charge in [-0.1, -0.05) is 11.6 Å². The van der Waals surface area contributed by atoms with E-state index in [0.717, 1.165) is 31.5 Å². The molecule has 1 aliphatic heterocycles. The molecule has 0 atom stereocenters. The van der Waals surface area contributed by atoms with Gasteiger partial charge in [-0.15, -0.1) is 0 Å². The molecule has 3 rings (SSSR count). The standard InChI is InChI=1S/C14H17ClN6O/c1-22-7-5-17-13-10(8-16)9-18-21(13)14-12(15)11-4-2-3-6-20(11)19-14/h9,17H,2-7H2,1H3. The zero-order chi connectivity index (χ0) is 15.5. The Morgan fingerprint density at radius 2 is 2.36 bits per heavy atom. The van der Waals surface area contributed by atoms with Crippen LogP contribution in [-0.4, -0.2) is 39.8 Å². The van der Waals surface area contributed by atoms with Crippen LogP contribution in [0.3, 0.4) is 0 Å². The second kappa shape index (κ2) is 6.38. The number of nitrogens with zero attached hydrogens (tertiary/aromatic N) is 5. The van der Waals surface area contributed by atoms with Gasteiger partial charge < -0.3 is 10.1 Å². The molecule has 7 nitrogen and oxygen atoms in total. The molecule has 0 saturated heterocycles. The van der Waals surface area contributed by atoms with Crippen molar-refractivity contribution in [2.45, 2.75) is 25.8 Å². The quantitative estimate of drug-likeness (QED) is 0.852. The highest BCUT2D eigenvalue weighted by Crippen LogP contribution is 2.30. The summed E-state index contributed by atoms with van der Waals surface area (Å²) in [4.78, 5) is 0. The Balaban J connectivity index is 2.00. The summed E-state index contributed by atoms with van der Waals surface area (Å²) in [6.07, 6.45) is 4.66. The van der Waals surface area contributed by atoms with E-state index in [2.05, 4.69) is 21.6 Å². The van der Waals surface area contributed by atoms with Gasteiger partial charge in [-0.2, -0.15) is 20.1 Å². The first-order chi connectivity index (χ1) is 10.8. The van der Waals surface area contributed by atoms with E-state index in [0.29, 0.717) is 35.4 Å². The van der Waals surface area contributed by atoms with E-state index in [1.807, 2.05) is 4.68 Å². The van der Waals surface area contributed by atoms with Crippen molar-refractivity contribution < 1.29 is 4.74 Å². The Morgan fingerprint density at radius 3 is 3.09 bits per heavy atom. The first-order valence-corrected chi connectivity index (χ1v) is 7.60. The summed E-state index contributed by atoms with van der Waals surface area (Å²) in [6.45, 7) is 1.97. The SMILES string of the molecule is COCCNc1c(C#N)cnn1-c1nn2c(c1Cl)CCCC2. The van der Waals surface area contributed by atoms with Gasteiger partial charge in [0.2, 0.25) is 0 Å². The van der Waals surface area contributed by atoms with E-state index >= 15 is 0 Å². The Morgan fingerprint density at radius 1 is 1.50 bits per heavy atom. The number of anilines is 1. The zero-order valence-electron chi connectivity index (χ0n) is 12.3. The second-order valence-corrected chi connectivity index (χ2v) is 5.49. The zero-order valence-corrected chi connectivity index (χ0v) is 13.1. The van der Waals surface area contributed by atoms with Crippen LogP contribution in [0.15, 0.2) is 6.20 Å². The van der Waals surface area contributed by atoms with Crippen LogP contribution in [-0.2, 0) is 17.7 Å². The number of nitriles is 1. The summed E-state index contributed by atoms with van der Waals surface area (Å²) < 4.78 is 8.57. The van der Waals surface area contributed by atoms with Crippen LogP contribution < -0.4 is 5.32 Å². The normalized spacial score (nSPS) is 13.7. The summed E-state index contributed by atoms with van der Waals surface area (Å²) in [5.74, 6) is 1.16. The molecule has 0 aromatic carbocycles. The topological polar surface area (TPSA) is 80.7 Å². The van der Waals surface area contributed by atoms with Gasteiger partial charge in [-0.3, -0.25) is 4.68 Å². The van der Waals surface area contributed by atoms with Crippen molar-refractivity contribution in [2.24, 2.45) is 0 Å². The average molecular weight is 321 g/mol. The molecule has 0 radical (unpaired) electrons. The van der Waals surface area contributed by atoms with Gasteiger partial charge in [0.1, 0.15) is 22.5 Å². The minimum absolute atomic E-state index is 0.457. The fraction of sp³-hybridized carbons (Fsp3) is 0.500. The lowest BCUT2D eigenvalue weighted by Gasteiger charge is -2.12. The van der Waals surface area contributed by atoms with Gasteiger partial charge in [0.05, 0.1) is 18.5 Å². The fourth-order valence-corrected chi connectivity index (χ4v) is 2.92. The van der Waals surface area contributed by atoms with Crippen molar-refractivity contribution in [3.05, 3.63) is 22.5 Å². The number of rotatable bonds is 5. The number of fused-ring (bicyclic) bond motifs is 1. The van der Waals surface area contributed by atoms with Crippen molar-refractivity contribution in [1.29, 1.82) is 5.26 Å². The minimum Gasteiger partial charge on any atom is -0.383 e. The molecular formula is C14H17ClN6O. The number of halogens is 1. The predicted octanol–water partition coefficient (Wildman–Crippen LogP) is 1.99. The molecule has 0 unspecified atom stereocenters. The molecule has 0 spiro atoms. The van der Waals surface area contributed by atoms with E-state index < -0.39 is 0 Å². The van der Waals surface area contributed by atoms with Crippen LogP contribution in [0.1, 0.15) is 24.1 Å². The van der Waals surface area contributed by atoms with Crippen molar-refractivity contribution >= 4 is 17.4 Å². The summed E-state index contributed by atoms with van der Waals surface area (Å²) in [5.41, 5.74) is 1.50. The molecule has 22 heavy (non-hydrogen) atoms. The smallest absolute Gasteiger partial charge is 0.196 e. The van der Waals surface area contributed by atoms with Crippen molar-refractivity contribution in [3.8, 4) is 11.9 Å². The largest absolute Gasteiger partial charge is 0.383 e. The van der Waals surface area contributed by atoms with E-state index in [1.165, 1.54) is 6.20 Å². The maximum Gasteiger partial charge on any atom is 0.196 e. The summed E-state index contributed by atoms with van der Waals surface area (Å²) in [6, 6.07) is 2.13.